The van der Waals surface area contributed by atoms with Crippen molar-refractivity contribution in [1.29, 1.82) is 0 Å². The van der Waals surface area contributed by atoms with E-state index in [2.05, 4.69) is 78.4 Å². The van der Waals surface area contributed by atoms with Gasteiger partial charge in [-0.3, -0.25) is 4.79 Å². The molecule has 0 spiro atoms. The smallest absolute Gasteiger partial charge is 0.222 e. The molecule has 0 atom stereocenters. The molecule has 2 aromatic rings. The van der Waals surface area contributed by atoms with Gasteiger partial charge in [-0.1, -0.05) is 36.4 Å². The zero-order valence-electron chi connectivity index (χ0n) is 20.7. The van der Waals surface area contributed by atoms with Gasteiger partial charge in [0.05, 0.1) is 6.54 Å². The molecule has 1 N–H and O–H groups in total. The van der Waals surface area contributed by atoms with Crippen molar-refractivity contribution in [1.82, 2.24) is 15.1 Å². The summed E-state index contributed by atoms with van der Waals surface area (Å²) in [6, 6.07) is 15.0. The number of anilines is 1. The van der Waals surface area contributed by atoms with Gasteiger partial charge < -0.3 is 20.0 Å². The van der Waals surface area contributed by atoms with Gasteiger partial charge in [0.25, 0.3) is 0 Å². The van der Waals surface area contributed by atoms with Gasteiger partial charge in [0.1, 0.15) is 0 Å². The van der Waals surface area contributed by atoms with E-state index in [0.29, 0.717) is 19.5 Å². The van der Waals surface area contributed by atoms with Gasteiger partial charge in [-0.15, -0.1) is 24.0 Å². The minimum Gasteiger partial charge on any atom is -0.368 e. The molecule has 184 valence electrons. The molecule has 6 nitrogen and oxygen atoms in total. The maximum absolute atomic E-state index is 12.1. The summed E-state index contributed by atoms with van der Waals surface area (Å²) in [7, 11) is 0. The molecule has 2 aliphatic heterocycles. The first-order chi connectivity index (χ1) is 16.1. The van der Waals surface area contributed by atoms with Gasteiger partial charge in [-0.2, -0.15) is 0 Å². The molecule has 0 unspecified atom stereocenters. The van der Waals surface area contributed by atoms with Crippen molar-refractivity contribution in [3.8, 4) is 0 Å². The SMILES string of the molecule is CCNC(=NCc1ccccc1CN1CCCC1=O)N1CCN(c2cccc(C)c2C)CC1.I. The molecule has 2 saturated heterocycles. The van der Waals surface area contributed by atoms with E-state index >= 15 is 0 Å². The van der Waals surface area contributed by atoms with Gasteiger partial charge >= 0.3 is 0 Å². The van der Waals surface area contributed by atoms with Crippen LogP contribution in [0.5, 0.6) is 0 Å². The molecule has 34 heavy (non-hydrogen) atoms. The second-order valence-electron chi connectivity index (χ2n) is 9.05. The number of likely N-dealkylation sites (tertiary alicyclic amines) is 1. The topological polar surface area (TPSA) is 51.2 Å². The molecule has 1 amide bonds. The fourth-order valence-electron chi connectivity index (χ4n) is 4.77. The Kier molecular flexibility index (Phi) is 9.62. The van der Waals surface area contributed by atoms with Crippen molar-refractivity contribution >= 4 is 41.5 Å². The third-order valence-electron chi connectivity index (χ3n) is 6.88. The fourth-order valence-corrected chi connectivity index (χ4v) is 4.77. The molecule has 0 aromatic heterocycles. The first-order valence-electron chi connectivity index (χ1n) is 12.3. The molecular formula is C27H38IN5O. The lowest BCUT2D eigenvalue weighted by Gasteiger charge is -2.38. The Morgan fingerprint density at radius 3 is 2.38 bits per heavy atom. The van der Waals surface area contributed by atoms with Crippen molar-refractivity contribution in [3.05, 3.63) is 64.7 Å². The first-order valence-corrected chi connectivity index (χ1v) is 12.3. The highest BCUT2D eigenvalue weighted by molar-refractivity contribution is 14.0. The Morgan fingerprint density at radius 1 is 0.971 bits per heavy atom. The zero-order chi connectivity index (χ0) is 23.2. The molecule has 4 rings (SSSR count). The molecule has 0 aliphatic carbocycles. The Morgan fingerprint density at radius 2 is 1.71 bits per heavy atom. The standard InChI is InChI=1S/C27H37N5O.HI/c1-4-28-27(31-17-15-30(16-18-31)25-12-7-9-21(2)22(25)3)29-19-23-10-5-6-11-24(23)20-32-14-8-13-26(32)33;/h5-7,9-12H,4,8,13-20H2,1-3H3,(H,28,29);1H. The van der Waals surface area contributed by atoms with Crippen molar-refractivity contribution in [2.45, 2.75) is 46.7 Å². The number of rotatable bonds is 6. The first kappa shape index (κ1) is 26.3. The number of carbonyl (C=O) groups is 1. The second kappa shape index (κ2) is 12.4. The summed E-state index contributed by atoms with van der Waals surface area (Å²) in [5, 5.41) is 3.49. The van der Waals surface area contributed by atoms with E-state index in [-0.39, 0.29) is 29.9 Å². The Bertz CT molecular complexity index is 1000. The number of guanidine groups is 1. The Hall–Kier alpha value is -2.29. The van der Waals surface area contributed by atoms with Gasteiger partial charge in [-0.25, -0.2) is 4.99 Å². The summed E-state index contributed by atoms with van der Waals surface area (Å²) < 4.78 is 0. The van der Waals surface area contributed by atoms with Gasteiger partial charge in [-0.05, 0) is 55.5 Å². The van der Waals surface area contributed by atoms with Crippen LogP contribution in [0.1, 0.15) is 42.0 Å². The molecular weight excluding hydrogens is 537 g/mol. The highest BCUT2D eigenvalue weighted by atomic mass is 127. The van der Waals surface area contributed by atoms with Crippen LogP contribution in [0.2, 0.25) is 0 Å². The Balaban J connectivity index is 0.00000324. The molecule has 2 aliphatic rings. The van der Waals surface area contributed by atoms with Crippen LogP contribution in [0.15, 0.2) is 47.5 Å². The molecule has 7 heteroatoms. The van der Waals surface area contributed by atoms with Crippen LogP contribution in [0.4, 0.5) is 5.69 Å². The maximum Gasteiger partial charge on any atom is 0.222 e. The maximum atomic E-state index is 12.1. The number of piperazine rings is 1. The summed E-state index contributed by atoms with van der Waals surface area (Å²) in [6.07, 6.45) is 1.65. The van der Waals surface area contributed by atoms with E-state index < -0.39 is 0 Å². The van der Waals surface area contributed by atoms with Gasteiger partial charge in [0.2, 0.25) is 5.91 Å². The van der Waals surface area contributed by atoms with E-state index in [1.807, 2.05) is 4.90 Å². The van der Waals surface area contributed by atoms with Crippen molar-refractivity contribution in [2.75, 3.05) is 44.2 Å². The predicted octanol–water partition coefficient (Wildman–Crippen LogP) is 4.33. The monoisotopic (exact) mass is 575 g/mol. The minimum absolute atomic E-state index is 0. The third kappa shape index (κ3) is 6.23. The summed E-state index contributed by atoms with van der Waals surface area (Å²) in [5.41, 5.74) is 6.47. The lowest BCUT2D eigenvalue weighted by Crippen LogP contribution is -2.52. The van der Waals surface area contributed by atoms with Crippen LogP contribution in [0.3, 0.4) is 0 Å². The van der Waals surface area contributed by atoms with Gasteiger partial charge in [0.15, 0.2) is 5.96 Å². The number of hydrogen-bond donors (Lipinski definition) is 1. The number of carbonyl (C=O) groups excluding carboxylic acids is 1. The van der Waals surface area contributed by atoms with Crippen LogP contribution in [-0.2, 0) is 17.9 Å². The minimum atomic E-state index is 0. The van der Waals surface area contributed by atoms with Crippen molar-refractivity contribution in [3.63, 3.8) is 0 Å². The normalized spacial score (nSPS) is 16.6. The Labute approximate surface area is 221 Å². The number of nitrogens with one attached hydrogen (secondary N) is 1. The van der Waals surface area contributed by atoms with Crippen molar-refractivity contribution < 1.29 is 4.79 Å². The number of nitrogens with zero attached hydrogens (tertiary/aromatic N) is 4. The molecule has 2 heterocycles. The number of aliphatic imine (C=N–C) groups is 1. The van der Waals surface area contributed by atoms with Gasteiger partial charge in [0, 0.05) is 57.9 Å². The fraction of sp³-hybridized carbons (Fsp3) is 0.481. The van der Waals surface area contributed by atoms with Crippen LogP contribution >= 0.6 is 24.0 Å². The molecule has 2 fully saturated rings. The van der Waals surface area contributed by atoms with E-state index in [0.717, 1.165) is 51.6 Å². The molecule has 0 radical (unpaired) electrons. The van der Waals surface area contributed by atoms with Crippen LogP contribution in [0.25, 0.3) is 0 Å². The largest absolute Gasteiger partial charge is 0.368 e. The number of aryl methyl sites for hydroxylation is 1. The quantitative estimate of drug-likeness (QED) is 0.317. The van der Waals surface area contributed by atoms with E-state index in [1.54, 1.807) is 0 Å². The summed E-state index contributed by atoms with van der Waals surface area (Å²) >= 11 is 0. The van der Waals surface area contributed by atoms with Crippen LogP contribution in [-0.4, -0.2) is 60.9 Å². The lowest BCUT2D eigenvalue weighted by molar-refractivity contribution is -0.128. The lowest BCUT2D eigenvalue weighted by atomic mass is 10.1. The number of halogens is 1. The average Bonchev–Trinajstić information content (AvgIpc) is 3.24. The highest BCUT2D eigenvalue weighted by Crippen LogP contribution is 2.24. The number of hydrogen-bond acceptors (Lipinski definition) is 3. The highest BCUT2D eigenvalue weighted by Gasteiger charge is 2.22. The third-order valence-corrected chi connectivity index (χ3v) is 6.88. The zero-order valence-corrected chi connectivity index (χ0v) is 23.0. The van der Waals surface area contributed by atoms with E-state index in [1.165, 1.54) is 27.9 Å². The van der Waals surface area contributed by atoms with Crippen LogP contribution in [0, 0.1) is 13.8 Å². The average molecular weight is 576 g/mol. The number of amides is 1. The van der Waals surface area contributed by atoms with Crippen LogP contribution < -0.4 is 10.2 Å². The summed E-state index contributed by atoms with van der Waals surface area (Å²) in [6.45, 7) is 13.4. The number of benzene rings is 2. The second-order valence-corrected chi connectivity index (χ2v) is 9.05. The predicted molar refractivity (Wildman–Crippen MR) is 151 cm³/mol. The summed E-state index contributed by atoms with van der Waals surface area (Å²) in [5.74, 6) is 1.24. The van der Waals surface area contributed by atoms with Crippen molar-refractivity contribution in [2.24, 2.45) is 4.99 Å². The van der Waals surface area contributed by atoms with E-state index in [4.69, 9.17) is 4.99 Å². The molecule has 0 bridgehead atoms. The summed E-state index contributed by atoms with van der Waals surface area (Å²) in [4.78, 5) is 23.9. The van der Waals surface area contributed by atoms with E-state index in [9.17, 15) is 4.79 Å². The molecule has 0 saturated carbocycles. The molecule has 2 aromatic carbocycles.